The fourth-order valence-electron chi connectivity index (χ4n) is 0.409. The summed E-state index contributed by atoms with van der Waals surface area (Å²) < 4.78 is 3.75. The summed E-state index contributed by atoms with van der Waals surface area (Å²) in [5, 5.41) is 4.07. The van der Waals surface area contributed by atoms with Crippen molar-refractivity contribution in [3.8, 4) is 0 Å². The molecule has 1 heterocycles. The molecule has 2 amide bonds. The summed E-state index contributed by atoms with van der Waals surface area (Å²) in [5.74, 6) is 0. The average Bonchev–Trinajstić information content (AvgIpc) is 2.15. The standard InChI is InChI=1S/C4H5N3OS/c5-4(8)7-3-1-6-9-2-3/h1-2H,(H3,5,7,8). The number of amides is 2. The molecule has 1 aromatic rings. The van der Waals surface area contributed by atoms with Crippen LogP contribution in [0.25, 0.3) is 0 Å². The summed E-state index contributed by atoms with van der Waals surface area (Å²) in [4.78, 5) is 10.2. The maximum atomic E-state index is 10.2. The van der Waals surface area contributed by atoms with Crippen LogP contribution in [0, 0.1) is 0 Å². The Morgan fingerprint density at radius 3 is 3.11 bits per heavy atom. The Bertz CT molecular complexity index is 196. The first-order valence-corrected chi connectivity index (χ1v) is 3.08. The van der Waals surface area contributed by atoms with E-state index in [1.54, 1.807) is 5.38 Å². The van der Waals surface area contributed by atoms with Crippen molar-refractivity contribution in [2.75, 3.05) is 5.32 Å². The molecule has 48 valence electrons. The van der Waals surface area contributed by atoms with Crippen molar-refractivity contribution in [1.29, 1.82) is 0 Å². The van der Waals surface area contributed by atoms with Crippen molar-refractivity contribution in [1.82, 2.24) is 4.37 Å². The van der Waals surface area contributed by atoms with E-state index in [0.717, 1.165) is 0 Å². The molecule has 0 spiro atoms. The first kappa shape index (κ1) is 6.03. The number of anilines is 1. The zero-order valence-corrected chi connectivity index (χ0v) is 5.31. The first-order valence-electron chi connectivity index (χ1n) is 2.25. The molecule has 0 aliphatic heterocycles. The molecule has 1 rings (SSSR count). The maximum absolute atomic E-state index is 10.2. The van der Waals surface area contributed by atoms with Crippen LogP contribution >= 0.6 is 11.5 Å². The Kier molecular flexibility index (Phi) is 1.64. The number of hydrogen-bond acceptors (Lipinski definition) is 3. The Labute approximate surface area is 55.8 Å². The van der Waals surface area contributed by atoms with Gasteiger partial charge in [0, 0.05) is 5.38 Å². The van der Waals surface area contributed by atoms with Gasteiger partial charge in [-0.25, -0.2) is 4.79 Å². The van der Waals surface area contributed by atoms with E-state index in [0.29, 0.717) is 5.69 Å². The van der Waals surface area contributed by atoms with Crippen molar-refractivity contribution in [3.05, 3.63) is 11.6 Å². The smallest absolute Gasteiger partial charge is 0.316 e. The molecule has 9 heavy (non-hydrogen) atoms. The Hall–Kier alpha value is -1.10. The van der Waals surface area contributed by atoms with Gasteiger partial charge < -0.3 is 11.1 Å². The summed E-state index contributed by atoms with van der Waals surface area (Å²) in [7, 11) is 0. The number of nitrogens with two attached hydrogens (primary N) is 1. The number of primary amides is 1. The molecule has 0 radical (unpaired) electrons. The number of nitrogens with one attached hydrogen (secondary N) is 1. The second kappa shape index (κ2) is 2.45. The molecule has 5 heteroatoms. The zero-order chi connectivity index (χ0) is 6.69. The third-order valence-electron chi connectivity index (χ3n) is 0.700. The Morgan fingerprint density at radius 1 is 1.89 bits per heavy atom. The topological polar surface area (TPSA) is 68.0 Å². The molecule has 0 saturated heterocycles. The molecule has 4 nitrogen and oxygen atoms in total. The second-order valence-electron chi connectivity index (χ2n) is 1.40. The Morgan fingerprint density at radius 2 is 2.67 bits per heavy atom. The van der Waals surface area contributed by atoms with Crippen LogP contribution in [-0.2, 0) is 0 Å². The van der Waals surface area contributed by atoms with Gasteiger partial charge in [-0.2, -0.15) is 4.37 Å². The van der Waals surface area contributed by atoms with Crippen molar-refractivity contribution in [3.63, 3.8) is 0 Å². The molecule has 0 saturated carbocycles. The van der Waals surface area contributed by atoms with Crippen LogP contribution in [0.4, 0.5) is 10.5 Å². The maximum Gasteiger partial charge on any atom is 0.316 e. The molecule has 0 unspecified atom stereocenters. The average molecular weight is 143 g/mol. The minimum Gasteiger partial charge on any atom is -0.351 e. The van der Waals surface area contributed by atoms with Gasteiger partial charge in [-0.3, -0.25) is 0 Å². The number of rotatable bonds is 1. The highest BCUT2D eigenvalue weighted by Crippen LogP contribution is 2.06. The van der Waals surface area contributed by atoms with Crippen LogP contribution in [0.15, 0.2) is 11.6 Å². The monoisotopic (exact) mass is 143 g/mol. The summed E-state index contributed by atoms with van der Waals surface area (Å²) in [6.07, 6.45) is 1.54. The molecule has 1 aromatic heterocycles. The summed E-state index contributed by atoms with van der Waals surface area (Å²) in [6.45, 7) is 0. The Balaban J connectivity index is 2.58. The van der Waals surface area contributed by atoms with Gasteiger partial charge in [-0.1, -0.05) is 0 Å². The highest BCUT2D eigenvalue weighted by atomic mass is 32.1. The van der Waals surface area contributed by atoms with Gasteiger partial charge >= 0.3 is 6.03 Å². The van der Waals surface area contributed by atoms with E-state index in [9.17, 15) is 4.79 Å². The van der Waals surface area contributed by atoms with E-state index in [2.05, 4.69) is 9.69 Å². The lowest BCUT2D eigenvalue weighted by molar-refractivity contribution is 0.259. The van der Waals surface area contributed by atoms with E-state index in [1.807, 2.05) is 0 Å². The zero-order valence-electron chi connectivity index (χ0n) is 4.50. The summed E-state index contributed by atoms with van der Waals surface area (Å²) >= 11 is 1.26. The number of carbonyl (C=O) groups excluding carboxylic acids is 1. The number of nitrogens with zero attached hydrogens (tertiary/aromatic N) is 1. The largest absolute Gasteiger partial charge is 0.351 e. The van der Waals surface area contributed by atoms with Gasteiger partial charge in [0.15, 0.2) is 0 Å². The third-order valence-corrected chi connectivity index (χ3v) is 1.29. The first-order chi connectivity index (χ1) is 4.29. The molecular formula is C4H5N3OS. The van der Waals surface area contributed by atoms with E-state index in [-0.39, 0.29) is 0 Å². The minimum absolute atomic E-state index is 0.560. The van der Waals surface area contributed by atoms with Gasteiger partial charge in [0.05, 0.1) is 11.9 Å². The molecule has 0 bridgehead atoms. The molecule has 0 fully saturated rings. The van der Waals surface area contributed by atoms with Crippen LogP contribution in [0.1, 0.15) is 0 Å². The van der Waals surface area contributed by atoms with Crippen LogP contribution < -0.4 is 11.1 Å². The molecule has 0 aliphatic carbocycles. The number of aromatic nitrogens is 1. The summed E-state index contributed by atoms with van der Waals surface area (Å²) in [6, 6.07) is -0.560. The van der Waals surface area contributed by atoms with Crippen LogP contribution in [0.5, 0.6) is 0 Å². The minimum atomic E-state index is -0.560. The van der Waals surface area contributed by atoms with Gasteiger partial charge in [-0.15, -0.1) is 0 Å². The van der Waals surface area contributed by atoms with Gasteiger partial charge in [-0.05, 0) is 11.5 Å². The lowest BCUT2D eigenvalue weighted by Gasteiger charge is -1.91. The molecule has 0 aromatic carbocycles. The predicted molar refractivity (Wildman–Crippen MR) is 35.3 cm³/mol. The third kappa shape index (κ3) is 1.69. The van der Waals surface area contributed by atoms with Gasteiger partial charge in [0.25, 0.3) is 0 Å². The second-order valence-corrected chi connectivity index (χ2v) is 2.06. The highest BCUT2D eigenvalue weighted by Gasteiger charge is 1.93. The van der Waals surface area contributed by atoms with Crippen LogP contribution in [-0.4, -0.2) is 10.4 Å². The predicted octanol–water partition coefficient (Wildman–Crippen LogP) is 0.634. The lowest BCUT2D eigenvalue weighted by atomic mass is 10.6. The van der Waals surface area contributed by atoms with Crippen molar-refractivity contribution in [2.24, 2.45) is 5.73 Å². The van der Waals surface area contributed by atoms with E-state index in [4.69, 9.17) is 5.73 Å². The SMILES string of the molecule is NC(=O)Nc1cnsc1. The lowest BCUT2D eigenvalue weighted by Crippen LogP contribution is -2.18. The fraction of sp³-hybridized carbons (Fsp3) is 0. The van der Waals surface area contributed by atoms with E-state index >= 15 is 0 Å². The number of hydrogen-bond donors (Lipinski definition) is 2. The summed E-state index contributed by atoms with van der Waals surface area (Å²) in [5.41, 5.74) is 5.46. The highest BCUT2D eigenvalue weighted by molar-refractivity contribution is 7.04. The molecular weight excluding hydrogens is 138 g/mol. The molecule has 3 N–H and O–H groups in total. The molecule has 0 aliphatic rings. The van der Waals surface area contributed by atoms with Crippen LogP contribution in [0.2, 0.25) is 0 Å². The normalized spacial score (nSPS) is 8.89. The molecule has 0 atom stereocenters. The number of urea groups is 1. The van der Waals surface area contributed by atoms with Crippen molar-refractivity contribution in [2.45, 2.75) is 0 Å². The fourth-order valence-corrected chi connectivity index (χ4v) is 0.877. The van der Waals surface area contributed by atoms with Crippen LogP contribution in [0.3, 0.4) is 0 Å². The van der Waals surface area contributed by atoms with Gasteiger partial charge in [0.2, 0.25) is 0 Å². The van der Waals surface area contributed by atoms with Crippen molar-refractivity contribution >= 4 is 23.3 Å². The van der Waals surface area contributed by atoms with Crippen molar-refractivity contribution < 1.29 is 4.79 Å². The van der Waals surface area contributed by atoms with E-state index in [1.165, 1.54) is 17.7 Å². The quantitative estimate of drug-likeness (QED) is 0.605. The number of carbonyl (C=O) groups is 1. The van der Waals surface area contributed by atoms with Gasteiger partial charge in [0.1, 0.15) is 0 Å². The van der Waals surface area contributed by atoms with E-state index < -0.39 is 6.03 Å².